The topological polar surface area (TPSA) is 49.7 Å². The van der Waals surface area contributed by atoms with Crippen LogP contribution in [-0.4, -0.2) is 27.9 Å². The largest absolute Gasteiger partial charge is 0.480 e. The third-order valence-electron chi connectivity index (χ3n) is 1.91. The van der Waals surface area contributed by atoms with Crippen LogP contribution in [0.15, 0.2) is 16.4 Å². The fourth-order valence-electron chi connectivity index (χ4n) is 1.21. The van der Waals surface area contributed by atoms with E-state index in [1.807, 2.05) is 18.4 Å². The molecule has 1 unspecified atom stereocenters. The van der Waals surface area contributed by atoms with E-state index in [1.54, 1.807) is 11.3 Å². The maximum atomic E-state index is 10.7. The number of hydrogen-bond acceptors (Lipinski definition) is 4. The summed E-state index contributed by atoms with van der Waals surface area (Å²) in [5.74, 6) is -0.279. The fourth-order valence-corrected chi connectivity index (χ4v) is 3.00. The number of rotatable bonds is 2. The van der Waals surface area contributed by atoms with Gasteiger partial charge in [0.05, 0.1) is 5.04 Å². The van der Waals surface area contributed by atoms with Gasteiger partial charge in [-0.2, -0.15) is 0 Å². The first kappa shape index (κ1) is 9.73. The Hall–Kier alpha value is -0.810. The van der Waals surface area contributed by atoms with Crippen LogP contribution < -0.4 is 0 Å². The van der Waals surface area contributed by atoms with E-state index >= 15 is 0 Å². The third kappa shape index (κ3) is 1.83. The Morgan fingerprint density at radius 1 is 1.71 bits per heavy atom. The molecule has 1 aliphatic heterocycles. The number of carboxylic acid groups (broad SMARTS) is 1. The summed E-state index contributed by atoms with van der Waals surface area (Å²) in [7, 11) is 0. The van der Waals surface area contributed by atoms with E-state index in [2.05, 4.69) is 4.99 Å². The second kappa shape index (κ2) is 3.74. The Morgan fingerprint density at radius 3 is 3.00 bits per heavy atom. The number of nitrogens with zero attached hydrogens (tertiary/aromatic N) is 1. The van der Waals surface area contributed by atoms with Gasteiger partial charge in [-0.05, 0) is 13.0 Å². The second-order valence-corrected chi connectivity index (χ2v) is 5.17. The molecular weight excluding hydrogens is 218 g/mol. The average molecular weight is 227 g/mol. The number of aryl methyl sites for hydroxylation is 1. The minimum Gasteiger partial charge on any atom is -0.480 e. The molecule has 1 aromatic heterocycles. The van der Waals surface area contributed by atoms with Gasteiger partial charge in [0, 0.05) is 21.6 Å². The first-order valence-electron chi connectivity index (χ1n) is 4.16. The normalized spacial score (nSPS) is 20.9. The lowest BCUT2D eigenvalue weighted by Gasteiger charge is -1.94. The predicted molar refractivity (Wildman–Crippen MR) is 59.5 cm³/mol. The molecule has 0 radical (unpaired) electrons. The highest BCUT2D eigenvalue weighted by atomic mass is 32.2. The zero-order valence-electron chi connectivity index (χ0n) is 7.56. The molecule has 1 aromatic rings. The van der Waals surface area contributed by atoms with Crippen molar-refractivity contribution in [2.75, 3.05) is 5.75 Å². The maximum absolute atomic E-state index is 10.7. The predicted octanol–water partition coefficient (Wildman–Crippen LogP) is 2.00. The summed E-state index contributed by atoms with van der Waals surface area (Å²) in [6, 6.07) is 1.48. The number of aliphatic carboxylic acids is 1. The number of carboxylic acids is 1. The van der Waals surface area contributed by atoms with Gasteiger partial charge in [0.2, 0.25) is 0 Å². The molecule has 0 bridgehead atoms. The summed E-state index contributed by atoms with van der Waals surface area (Å²) < 4.78 is 0. The molecule has 0 saturated heterocycles. The average Bonchev–Trinajstić information content (AvgIpc) is 2.70. The van der Waals surface area contributed by atoms with Crippen molar-refractivity contribution in [3.05, 3.63) is 21.9 Å². The second-order valence-electron chi connectivity index (χ2n) is 3.05. The van der Waals surface area contributed by atoms with E-state index in [4.69, 9.17) is 5.11 Å². The molecule has 1 N–H and O–H groups in total. The Kier molecular flexibility index (Phi) is 2.60. The standard InChI is InChI=1S/C9H9NO2S2/c1-5-2-6(3-13-5)8-10-7(4-14-8)9(11)12/h2-3,7H,4H2,1H3,(H,11,12). The van der Waals surface area contributed by atoms with Crippen LogP contribution in [0.3, 0.4) is 0 Å². The molecule has 3 nitrogen and oxygen atoms in total. The minimum atomic E-state index is -0.834. The Balaban J connectivity index is 2.21. The Morgan fingerprint density at radius 2 is 2.50 bits per heavy atom. The number of carbonyl (C=O) groups is 1. The number of hydrogen-bond donors (Lipinski definition) is 1. The molecule has 0 saturated carbocycles. The molecule has 0 aromatic carbocycles. The molecular formula is C9H9NO2S2. The quantitative estimate of drug-likeness (QED) is 0.840. The highest BCUT2D eigenvalue weighted by Gasteiger charge is 2.25. The van der Waals surface area contributed by atoms with Crippen molar-refractivity contribution in [1.82, 2.24) is 0 Å². The van der Waals surface area contributed by atoms with Gasteiger partial charge < -0.3 is 5.11 Å². The lowest BCUT2D eigenvalue weighted by atomic mass is 10.3. The van der Waals surface area contributed by atoms with E-state index in [0.717, 1.165) is 10.6 Å². The lowest BCUT2D eigenvalue weighted by Crippen LogP contribution is -2.17. The van der Waals surface area contributed by atoms with Gasteiger partial charge in [0.1, 0.15) is 0 Å². The first-order chi connectivity index (χ1) is 6.66. The SMILES string of the molecule is Cc1cc(C2=NC(C(=O)O)CS2)cs1. The van der Waals surface area contributed by atoms with E-state index in [-0.39, 0.29) is 0 Å². The van der Waals surface area contributed by atoms with Gasteiger partial charge in [-0.3, -0.25) is 4.99 Å². The molecule has 1 atom stereocenters. The highest BCUT2D eigenvalue weighted by molar-refractivity contribution is 8.14. The summed E-state index contributed by atoms with van der Waals surface area (Å²) in [5.41, 5.74) is 1.06. The molecule has 1 aliphatic rings. The third-order valence-corrected chi connectivity index (χ3v) is 3.87. The summed E-state index contributed by atoms with van der Waals surface area (Å²) >= 11 is 3.18. The molecule has 14 heavy (non-hydrogen) atoms. The minimum absolute atomic E-state index is 0.555. The van der Waals surface area contributed by atoms with Crippen molar-refractivity contribution in [1.29, 1.82) is 0 Å². The Bertz CT molecular complexity index is 397. The van der Waals surface area contributed by atoms with Crippen molar-refractivity contribution >= 4 is 34.1 Å². The summed E-state index contributed by atoms with van der Waals surface area (Å²) in [6.07, 6.45) is 0. The molecule has 0 spiro atoms. The fraction of sp³-hybridized carbons (Fsp3) is 0.333. The molecule has 2 heterocycles. The molecule has 0 fully saturated rings. The van der Waals surface area contributed by atoms with Crippen molar-refractivity contribution in [3.8, 4) is 0 Å². The number of aliphatic imine (C=N–C) groups is 1. The van der Waals surface area contributed by atoms with Gasteiger partial charge in [-0.1, -0.05) is 0 Å². The summed E-state index contributed by atoms with van der Waals surface area (Å²) in [6.45, 7) is 2.03. The van der Waals surface area contributed by atoms with Gasteiger partial charge >= 0.3 is 5.97 Å². The van der Waals surface area contributed by atoms with Crippen LogP contribution in [-0.2, 0) is 4.79 Å². The van der Waals surface area contributed by atoms with Crippen molar-refractivity contribution in [2.24, 2.45) is 4.99 Å². The van der Waals surface area contributed by atoms with Gasteiger partial charge in [-0.25, -0.2) is 4.79 Å². The first-order valence-corrected chi connectivity index (χ1v) is 6.02. The number of thioether (sulfide) groups is 1. The molecule has 2 rings (SSSR count). The molecule has 5 heteroatoms. The van der Waals surface area contributed by atoms with Crippen molar-refractivity contribution in [2.45, 2.75) is 13.0 Å². The Labute approximate surface area is 89.9 Å². The number of thiophene rings is 1. The van der Waals surface area contributed by atoms with Crippen LogP contribution in [0.2, 0.25) is 0 Å². The summed E-state index contributed by atoms with van der Waals surface area (Å²) in [5, 5.41) is 11.6. The molecule has 0 aliphatic carbocycles. The van der Waals surface area contributed by atoms with E-state index in [1.165, 1.54) is 16.6 Å². The van der Waals surface area contributed by atoms with Crippen LogP contribution in [0, 0.1) is 6.92 Å². The highest BCUT2D eigenvalue weighted by Crippen LogP contribution is 2.26. The van der Waals surface area contributed by atoms with Crippen LogP contribution >= 0.6 is 23.1 Å². The zero-order valence-corrected chi connectivity index (χ0v) is 9.19. The smallest absolute Gasteiger partial charge is 0.329 e. The van der Waals surface area contributed by atoms with Gasteiger partial charge in [-0.15, -0.1) is 23.1 Å². The van der Waals surface area contributed by atoms with E-state index < -0.39 is 12.0 Å². The van der Waals surface area contributed by atoms with E-state index in [9.17, 15) is 4.79 Å². The molecule has 0 amide bonds. The summed E-state index contributed by atoms with van der Waals surface area (Å²) in [4.78, 5) is 16.0. The molecule has 74 valence electrons. The van der Waals surface area contributed by atoms with Crippen LogP contribution in [0.25, 0.3) is 0 Å². The van der Waals surface area contributed by atoms with Crippen LogP contribution in [0.1, 0.15) is 10.4 Å². The monoisotopic (exact) mass is 227 g/mol. The van der Waals surface area contributed by atoms with Gasteiger partial charge in [0.15, 0.2) is 6.04 Å². The van der Waals surface area contributed by atoms with Crippen LogP contribution in [0.4, 0.5) is 0 Å². The van der Waals surface area contributed by atoms with Crippen molar-refractivity contribution < 1.29 is 9.90 Å². The maximum Gasteiger partial charge on any atom is 0.329 e. The van der Waals surface area contributed by atoms with Gasteiger partial charge in [0.25, 0.3) is 0 Å². The van der Waals surface area contributed by atoms with Crippen LogP contribution in [0.5, 0.6) is 0 Å². The van der Waals surface area contributed by atoms with Crippen molar-refractivity contribution in [3.63, 3.8) is 0 Å². The van der Waals surface area contributed by atoms with E-state index in [0.29, 0.717) is 5.75 Å². The zero-order chi connectivity index (χ0) is 10.1. The lowest BCUT2D eigenvalue weighted by molar-refractivity contribution is -0.137.